The number of carbonyl (C=O) groups is 1. The van der Waals surface area contributed by atoms with E-state index in [1.54, 1.807) is 0 Å². The molecule has 1 fully saturated rings. The van der Waals surface area contributed by atoms with Gasteiger partial charge in [0.25, 0.3) is 0 Å². The summed E-state index contributed by atoms with van der Waals surface area (Å²) < 4.78 is 0. The molecule has 1 aliphatic carbocycles. The lowest BCUT2D eigenvalue weighted by Gasteiger charge is -2.38. The van der Waals surface area contributed by atoms with Gasteiger partial charge in [-0.15, -0.1) is 0 Å². The van der Waals surface area contributed by atoms with Crippen LogP contribution in [0.2, 0.25) is 0 Å². The van der Waals surface area contributed by atoms with E-state index >= 15 is 0 Å². The van der Waals surface area contributed by atoms with E-state index in [0.717, 1.165) is 25.7 Å². The van der Waals surface area contributed by atoms with E-state index in [1.807, 2.05) is 6.92 Å². The van der Waals surface area contributed by atoms with Crippen LogP contribution in [0.5, 0.6) is 0 Å². The van der Waals surface area contributed by atoms with Crippen molar-refractivity contribution in [1.29, 1.82) is 0 Å². The molecule has 0 bridgehead atoms. The van der Waals surface area contributed by atoms with Gasteiger partial charge in [0.05, 0.1) is 11.0 Å². The summed E-state index contributed by atoms with van der Waals surface area (Å²) in [7, 11) is 0. The molecule has 0 spiro atoms. The third-order valence-electron chi connectivity index (χ3n) is 3.89. The number of thiocarbonyl (C=S) groups is 1. The van der Waals surface area contributed by atoms with Crippen LogP contribution in [-0.2, 0) is 4.79 Å². The van der Waals surface area contributed by atoms with Crippen LogP contribution in [0.15, 0.2) is 0 Å². The Morgan fingerprint density at radius 2 is 2.18 bits per heavy atom. The van der Waals surface area contributed by atoms with Gasteiger partial charge in [0.15, 0.2) is 0 Å². The highest BCUT2D eigenvalue weighted by atomic mass is 32.1. The third kappa shape index (κ3) is 3.66. The Labute approximate surface area is 110 Å². The van der Waals surface area contributed by atoms with E-state index < -0.39 is 0 Å². The number of hydrogen-bond donors (Lipinski definition) is 2. The average molecular weight is 256 g/mol. The molecule has 4 heteroatoms. The van der Waals surface area contributed by atoms with Gasteiger partial charge in [-0.25, -0.2) is 0 Å². The lowest BCUT2D eigenvalue weighted by molar-refractivity contribution is -0.130. The lowest BCUT2D eigenvalue weighted by atomic mass is 9.68. The van der Waals surface area contributed by atoms with Crippen molar-refractivity contribution in [3.05, 3.63) is 0 Å². The van der Waals surface area contributed by atoms with Gasteiger partial charge in [0.1, 0.15) is 0 Å². The number of nitrogens with two attached hydrogens (primary N) is 1. The maximum Gasteiger partial charge on any atom is 0.224 e. The van der Waals surface area contributed by atoms with Crippen LogP contribution in [0.25, 0.3) is 0 Å². The average Bonchev–Trinajstić information content (AvgIpc) is 2.24. The summed E-state index contributed by atoms with van der Waals surface area (Å²) in [5.74, 6) is 0.217. The molecule has 98 valence electrons. The highest BCUT2D eigenvalue weighted by Crippen LogP contribution is 2.40. The molecule has 0 aromatic rings. The maximum absolute atomic E-state index is 12.3. The van der Waals surface area contributed by atoms with Crippen molar-refractivity contribution in [3.8, 4) is 0 Å². The van der Waals surface area contributed by atoms with Crippen LogP contribution < -0.4 is 11.1 Å². The number of rotatable bonds is 4. The fourth-order valence-electron chi connectivity index (χ4n) is 2.63. The second kappa shape index (κ2) is 5.80. The van der Waals surface area contributed by atoms with Gasteiger partial charge in [-0.3, -0.25) is 4.79 Å². The molecule has 17 heavy (non-hydrogen) atoms. The van der Waals surface area contributed by atoms with Gasteiger partial charge in [-0.05, 0) is 24.7 Å². The smallest absolute Gasteiger partial charge is 0.224 e. The third-order valence-corrected chi connectivity index (χ3v) is 4.18. The minimum absolute atomic E-state index is 0.0941. The predicted octanol–water partition coefficient (Wildman–Crippen LogP) is 2.38. The van der Waals surface area contributed by atoms with E-state index in [4.69, 9.17) is 18.0 Å². The fourth-order valence-corrected chi connectivity index (χ4v) is 2.85. The first-order valence-corrected chi connectivity index (χ1v) is 6.89. The van der Waals surface area contributed by atoms with Crippen molar-refractivity contribution in [2.75, 3.05) is 0 Å². The summed E-state index contributed by atoms with van der Waals surface area (Å²) in [6.45, 7) is 6.34. The van der Waals surface area contributed by atoms with Gasteiger partial charge < -0.3 is 11.1 Å². The molecule has 1 aliphatic rings. The zero-order valence-corrected chi connectivity index (χ0v) is 11.9. The van der Waals surface area contributed by atoms with Gasteiger partial charge in [0.2, 0.25) is 5.91 Å². The number of amides is 1. The Bertz CT molecular complexity index is 302. The molecule has 1 saturated carbocycles. The SMILES string of the molecule is CCC(NC(=O)C1CCCCC1(C)C)C(N)=S. The molecule has 0 heterocycles. The van der Waals surface area contributed by atoms with Crippen LogP contribution in [0.1, 0.15) is 52.9 Å². The molecule has 0 aliphatic heterocycles. The van der Waals surface area contributed by atoms with E-state index in [9.17, 15) is 4.79 Å². The molecule has 1 amide bonds. The number of nitrogens with one attached hydrogen (secondary N) is 1. The molecule has 1 rings (SSSR count). The molecule has 0 radical (unpaired) electrons. The Morgan fingerprint density at radius 3 is 2.65 bits per heavy atom. The molecule has 2 atom stereocenters. The predicted molar refractivity (Wildman–Crippen MR) is 74.7 cm³/mol. The number of hydrogen-bond acceptors (Lipinski definition) is 2. The Morgan fingerprint density at radius 1 is 1.53 bits per heavy atom. The standard InChI is InChI=1S/C13H24N2OS/c1-4-10(11(14)17)15-12(16)9-7-5-6-8-13(9,2)3/h9-10H,4-8H2,1-3H3,(H2,14,17)(H,15,16). The van der Waals surface area contributed by atoms with Crippen molar-refractivity contribution < 1.29 is 4.79 Å². The zero-order chi connectivity index (χ0) is 13.1. The van der Waals surface area contributed by atoms with Crippen molar-refractivity contribution >= 4 is 23.1 Å². The molecule has 3 N–H and O–H groups in total. The summed E-state index contributed by atoms with van der Waals surface area (Å²) >= 11 is 4.96. The van der Waals surface area contributed by atoms with Gasteiger partial charge in [0, 0.05) is 5.92 Å². The number of carbonyl (C=O) groups excluding carboxylic acids is 1. The minimum Gasteiger partial charge on any atom is -0.392 e. The van der Waals surface area contributed by atoms with E-state index in [2.05, 4.69) is 19.2 Å². The van der Waals surface area contributed by atoms with Crippen LogP contribution in [-0.4, -0.2) is 16.9 Å². The highest BCUT2D eigenvalue weighted by molar-refractivity contribution is 7.80. The van der Waals surface area contributed by atoms with Crippen molar-refractivity contribution in [2.45, 2.75) is 58.9 Å². The van der Waals surface area contributed by atoms with Crippen molar-refractivity contribution in [1.82, 2.24) is 5.32 Å². The molecule has 3 nitrogen and oxygen atoms in total. The Hall–Kier alpha value is -0.640. The normalized spacial score (nSPS) is 25.0. The van der Waals surface area contributed by atoms with Crippen LogP contribution in [0, 0.1) is 11.3 Å². The van der Waals surface area contributed by atoms with E-state index in [-0.39, 0.29) is 23.3 Å². The first kappa shape index (κ1) is 14.4. The van der Waals surface area contributed by atoms with E-state index in [0.29, 0.717) is 4.99 Å². The van der Waals surface area contributed by atoms with Gasteiger partial charge in [-0.2, -0.15) is 0 Å². The molecular formula is C13H24N2OS. The first-order chi connectivity index (χ1) is 7.88. The lowest BCUT2D eigenvalue weighted by Crippen LogP contribution is -2.49. The fraction of sp³-hybridized carbons (Fsp3) is 0.846. The van der Waals surface area contributed by atoms with Gasteiger partial charge >= 0.3 is 0 Å². The molecule has 0 aromatic carbocycles. The summed E-state index contributed by atoms with van der Waals surface area (Å²) in [6.07, 6.45) is 5.23. The largest absolute Gasteiger partial charge is 0.392 e. The van der Waals surface area contributed by atoms with Gasteiger partial charge in [-0.1, -0.05) is 45.8 Å². The summed E-state index contributed by atoms with van der Waals surface area (Å²) in [5, 5.41) is 2.99. The highest BCUT2D eigenvalue weighted by Gasteiger charge is 2.37. The Kier molecular flexibility index (Phi) is 4.92. The monoisotopic (exact) mass is 256 g/mol. The summed E-state index contributed by atoms with van der Waals surface area (Å²) in [4.78, 5) is 12.6. The Balaban J connectivity index is 2.65. The molecule has 0 saturated heterocycles. The summed E-state index contributed by atoms with van der Waals surface area (Å²) in [5.41, 5.74) is 5.70. The quantitative estimate of drug-likeness (QED) is 0.759. The molecule has 0 aromatic heterocycles. The van der Waals surface area contributed by atoms with Crippen molar-refractivity contribution in [2.24, 2.45) is 17.1 Å². The van der Waals surface area contributed by atoms with Crippen LogP contribution in [0.4, 0.5) is 0 Å². The summed E-state index contributed by atoms with van der Waals surface area (Å²) in [6, 6.07) is -0.157. The van der Waals surface area contributed by atoms with Crippen LogP contribution in [0.3, 0.4) is 0 Å². The maximum atomic E-state index is 12.3. The molecule has 2 unspecified atom stereocenters. The second-order valence-electron chi connectivity index (χ2n) is 5.66. The second-order valence-corrected chi connectivity index (χ2v) is 6.13. The van der Waals surface area contributed by atoms with Crippen molar-refractivity contribution in [3.63, 3.8) is 0 Å². The zero-order valence-electron chi connectivity index (χ0n) is 11.1. The minimum atomic E-state index is -0.157. The van der Waals surface area contributed by atoms with E-state index in [1.165, 1.54) is 6.42 Å². The first-order valence-electron chi connectivity index (χ1n) is 6.48. The molecular weight excluding hydrogens is 232 g/mol. The topological polar surface area (TPSA) is 55.1 Å². The van der Waals surface area contributed by atoms with Crippen LogP contribution >= 0.6 is 12.2 Å².